The fraction of sp³-hybridized carbons (Fsp3) is 0.615. The van der Waals surface area contributed by atoms with Crippen LogP contribution in [0.5, 0.6) is 0 Å². The lowest BCUT2D eigenvalue weighted by Gasteiger charge is -2.11. The van der Waals surface area contributed by atoms with Crippen molar-refractivity contribution in [3.8, 4) is 0 Å². The van der Waals surface area contributed by atoms with Crippen molar-refractivity contribution in [1.29, 1.82) is 0 Å². The van der Waals surface area contributed by atoms with Gasteiger partial charge in [-0.05, 0) is 18.8 Å². The van der Waals surface area contributed by atoms with Crippen molar-refractivity contribution in [3.05, 3.63) is 16.6 Å². The minimum atomic E-state index is -0.773. The van der Waals surface area contributed by atoms with Gasteiger partial charge in [-0.3, -0.25) is 4.79 Å². The van der Waals surface area contributed by atoms with Crippen LogP contribution < -0.4 is 10.6 Å². The molecule has 1 aromatic heterocycles. The number of hydrogen-bond acceptors (Lipinski definition) is 4. The Morgan fingerprint density at radius 2 is 2.10 bits per heavy atom. The van der Waals surface area contributed by atoms with Crippen molar-refractivity contribution in [2.24, 2.45) is 5.92 Å². The van der Waals surface area contributed by atoms with Crippen molar-refractivity contribution in [1.82, 2.24) is 15.6 Å². The van der Waals surface area contributed by atoms with Crippen molar-refractivity contribution in [2.45, 2.75) is 32.6 Å². The highest BCUT2D eigenvalue weighted by Crippen LogP contribution is 2.09. The molecule has 0 aliphatic rings. The number of aromatic nitrogens is 1. The van der Waals surface area contributed by atoms with Crippen LogP contribution in [-0.2, 0) is 11.2 Å². The second kappa shape index (κ2) is 9.30. The maximum Gasteiger partial charge on any atom is 0.314 e. The second-order valence-corrected chi connectivity index (χ2v) is 5.66. The predicted octanol–water partition coefficient (Wildman–Crippen LogP) is 1.88. The van der Waals surface area contributed by atoms with Gasteiger partial charge in [0, 0.05) is 37.5 Å². The number of carbonyl (C=O) groups is 2. The lowest BCUT2D eigenvalue weighted by Crippen LogP contribution is -2.37. The first-order valence-electron chi connectivity index (χ1n) is 6.69. The lowest BCUT2D eigenvalue weighted by atomic mass is 10.0. The van der Waals surface area contributed by atoms with Crippen LogP contribution in [0.15, 0.2) is 11.6 Å². The van der Waals surface area contributed by atoms with Gasteiger partial charge in [-0.15, -0.1) is 11.3 Å². The summed E-state index contributed by atoms with van der Waals surface area (Å²) in [6.07, 6.45) is 4.09. The minimum Gasteiger partial charge on any atom is -0.481 e. The molecule has 1 aromatic rings. The standard InChI is InChI=1S/C13H21N3O3S/c1-10(2-3-12(17)18)4-6-15-13(19)16-7-5-11-14-8-9-20-11/h8-10H,2-7H2,1H3,(H,17,18)(H2,15,16,19). The molecular formula is C13H21N3O3S. The van der Waals surface area contributed by atoms with Gasteiger partial charge >= 0.3 is 12.0 Å². The first kappa shape index (κ1) is 16.4. The summed E-state index contributed by atoms with van der Waals surface area (Å²) >= 11 is 1.57. The maximum absolute atomic E-state index is 11.5. The Kier molecular flexibility index (Phi) is 7.64. The molecule has 0 fully saturated rings. The molecule has 7 heteroatoms. The van der Waals surface area contributed by atoms with Crippen LogP contribution >= 0.6 is 11.3 Å². The number of urea groups is 1. The molecule has 2 amide bonds. The average molecular weight is 299 g/mol. The van der Waals surface area contributed by atoms with Gasteiger partial charge in [-0.25, -0.2) is 9.78 Å². The van der Waals surface area contributed by atoms with Gasteiger partial charge in [0.15, 0.2) is 0 Å². The summed E-state index contributed by atoms with van der Waals surface area (Å²) in [5.74, 6) is -0.480. The molecule has 6 nitrogen and oxygen atoms in total. The highest BCUT2D eigenvalue weighted by Gasteiger charge is 2.06. The number of carboxylic acids is 1. The van der Waals surface area contributed by atoms with E-state index in [1.54, 1.807) is 17.5 Å². The van der Waals surface area contributed by atoms with E-state index in [1.165, 1.54) is 0 Å². The largest absolute Gasteiger partial charge is 0.481 e. The minimum absolute atomic E-state index is 0.182. The molecule has 1 unspecified atom stereocenters. The van der Waals surface area contributed by atoms with Crippen LogP contribution in [0.4, 0.5) is 4.79 Å². The molecular weight excluding hydrogens is 278 g/mol. The fourth-order valence-electron chi connectivity index (χ4n) is 1.67. The quantitative estimate of drug-likeness (QED) is 0.649. The summed E-state index contributed by atoms with van der Waals surface area (Å²) < 4.78 is 0. The summed E-state index contributed by atoms with van der Waals surface area (Å²) in [4.78, 5) is 26.0. The fourth-order valence-corrected chi connectivity index (χ4v) is 2.29. The van der Waals surface area contributed by atoms with Gasteiger partial charge < -0.3 is 15.7 Å². The molecule has 0 saturated heterocycles. The Hall–Kier alpha value is -1.63. The Balaban J connectivity index is 2.00. The smallest absolute Gasteiger partial charge is 0.314 e. The lowest BCUT2D eigenvalue weighted by molar-refractivity contribution is -0.137. The summed E-state index contributed by atoms with van der Waals surface area (Å²) in [5, 5.41) is 17.0. The zero-order chi connectivity index (χ0) is 14.8. The molecule has 0 saturated carbocycles. The SMILES string of the molecule is CC(CCNC(=O)NCCc1nccs1)CCC(=O)O. The third-order valence-corrected chi connectivity index (χ3v) is 3.72. The number of hydrogen-bond donors (Lipinski definition) is 3. The summed E-state index contributed by atoms with van der Waals surface area (Å²) in [6.45, 7) is 3.11. The highest BCUT2D eigenvalue weighted by molar-refractivity contribution is 7.09. The molecule has 0 aromatic carbocycles. The monoisotopic (exact) mass is 299 g/mol. The number of carbonyl (C=O) groups excluding carboxylic acids is 1. The van der Waals surface area contributed by atoms with E-state index in [0.29, 0.717) is 25.4 Å². The number of carboxylic acid groups (broad SMARTS) is 1. The van der Waals surface area contributed by atoms with E-state index in [-0.39, 0.29) is 12.5 Å². The van der Waals surface area contributed by atoms with E-state index in [4.69, 9.17) is 5.11 Å². The van der Waals surface area contributed by atoms with E-state index < -0.39 is 5.97 Å². The van der Waals surface area contributed by atoms with E-state index in [0.717, 1.165) is 17.8 Å². The van der Waals surface area contributed by atoms with Crippen molar-refractivity contribution >= 4 is 23.3 Å². The predicted molar refractivity (Wildman–Crippen MR) is 77.9 cm³/mol. The number of amides is 2. The Bertz CT molecular complexity index is 409. The molecule has 0 bridgehead atoms. The van der Waals surface area contributed by atoms with Crippen molar-refractivity contribution in [3.63, 3.8) is 0 Å². The number of rotatable bonds is 9. The molecule has 0 radical (unpaired) electrons. The molecule has 0 aliphatic carbocycles. The molecule has 1 rings (SSSR count). The van der Waals surface area contributed by atoms with Gasteiger partial charge in [0.25, 0.3) is 0 Å². The van der Waals surface area contributed by atoms with E-state index >= 15 is 0 Å². The Labute approximate surface area is 122 Å². The summed E-state index contributed by atoms with van der Waals surface area (Å²) in [7, 11) is 0. The topological polar surface area (TPSA) is 91.3 Å². The maximum atomic E-state index is 11.5. The first-order chi connectivity index (χ1) is 9.58. The second-order valence-electron chi connectivity index (χ2n) is 4.68. The van der Waals surface area contributed by atoms with Gasteiger partial charge in [0.2, 0.25) is 0 Å². The summed E-state index contributed by atoms with van der Waals surface area (Å²) in [6, 6.07) is -0.188. The molecule has 3 N–H and O–H groups in total. The highest BCUT2D eigenvalue weighted by atomic mass is 32.1. The Morgan fingerprint density at radius 1 is 1.35 bits per heavy atom. The van der Waals surface area contributed by atoms with Crippen molar-refractivity contribution in [2.75, 3.05) is 13.1 Å². The number of thiazole rings is 1. The average Bonchev–Trinajstić information content (AvgIpc) is 2.89. The Morgan fingerprint density at radius 3 is 2.75 bits per heavy atom. The van der Waals surface area contributed by atoms with Crippen molar-refractivity contribution < 1.29 is 14.7 Å². The van der Waals surface area contributed by atoms with Crippen LogP contribution in [0.1, 0.15) is 31.2 Å². The van der Waals surface area contributed by atoms with Gasteiger partial charge in [0.1, 0.15) is 0 Å². The van der Waals surface area contributed by atoms with E-state index in [9.17, 15) is 9.59 Å². The zero-order valence-electron chi connectivity index (χ0n) is 11.6. The van der Waals surface area contributed by atoms with E-state index in [2.05, 4.69) is 15.6 Å². The normalized spacial score (nSPS) is 11.8. The van der Waals surface area contributed by atoms with Gasteiger partial charge in [-0.1, -0.05) is 6.92 Å². The first-order valence-corrected chi connectivity index (χ1v) is 7.57. The molecule has 20 heavy (non-hydrogen) atoms. The molecule has 1 heterocycles. The summed E-state index contributed by atoms with van der Waals surface area (Å²) in [5.41, 5.74) is 0. The van der Waals surface area contributed by atoms with Gasteiger partial charge in [-0.2, -0.15) is 0 Å². The third-order valence-electron chi connectivity index (χ3n) is 2.88. The van der Waals surface area contributed by atoms with Crippen LogP contribution in [0.3, 0.4) is 0 Å². The molecule has 1 atom stereocenters. The van der Waals surface area contributed by atoms with Crippen LogP contribution in [0.2, 0.25) is 0 Å². The molecule has 0 aliphatic heterocycles. The van der Waals surface area contributed by atoms with Crippen LogP contribution in [0.25, 0.3) is 0 Å². The molecule has 0 spiro atoms. The van der Waals surface area contributed by atoms with Gasteiger partial charge in [0.05, 0.1) is 5.01 Å². The van der Waals surface area contributed by atoms with E-state index in [1.807, 2.05) is 12.3 Å². The van der Waals surface area contributed by atoms with Crippen LogP contribution in [0, 0.1) is 5.92 Å². The molecule has 112 valence electrons. The number of aliphatic carboxylic acids is 1. The number of nitrogens with zero attached hydrogens (tertiary/aromatic N) is 1. The number of nitrogens with one attached hydrogen (secondary N) is 2. The van der Waals surface area contributed by atoms with Crippen LogP contribution in [-0.4, -0.2) is 35.2 Å². The third kappa shape index (κ3) is 7.73. The zero-order valence-corrected chi connectivity index (χ0v) is 12.4.